The van der Waals surface area contributed by atoms with Crippen molar-refractivity contribution in [1.29, 1.82) is 0 Å². The molecule has 1 aliphatic heterocycles. The molecule has 0 aromatic carbocycles. The number of nitrogens with zero attached hydrogens (tertiary/aromatic N) is 3. The minimum Gasteiger partial charge on any atom is -0.356 e. The van der Waals surface area contributed by atoms with Gasteiger partial charge in [-0.05, 0) is 31.6 Å². The fourth-order valence-corrected chi connectivity index (χ4v) is 3.38. The Morgan fingerprint density at radius 1 is 1.12 bits per heavy atom. The van der Waals surface area contributed by atoms with Crippen LogP contribution in [0.2, 0.25) is 0 Å². The Kier molecular flexibility index (Phi) is 11.5. The first-order chi connectivity index (χ1) is 12.1. The molecule has 0 unspecified atom stereocenters. The van der Waals surface area contributed by atoms with Crippen molar-refractivity contribution in [2.45, 2.75) is 46.0 Å². The summed E-state index contributed by atoms with van der Waals surface area (Å²) in [6, 6.07) is 0. The fourth-order valence-electron chi connectivity index (χ4n) is 3.38. The zero-order valence-corrected chi connectivity index (χ0v) is 19.1. The highest BCUT2D eigenvalue weighted by Gasteiger charge is 2.30. The van der Waals surface area contributed by atoms with Crippen LogP contribution in [0.1, 0.15) is 46.0 Å². The standard InChI is InChI=1S/C19H37N5O.HI/c1-16(2)6-5-9-21-19(20-3)22-10-11-23-12-14-24(15-13-23)18(25)17-7-4-8-17;/h16-17H,4-15H2,1-3H3,(H2,20,21,22);1H. The molecule has 2 N–H and O–H groups in total. The molecule has 1 saturated carbocycles. The Balaban J connectivity index is 0.00000338. The molecule has 26 heavy (non-hydrogen) atoms. The number of piperazine rings is 1. The summed E-state index contributed by atoms with van der Waals surface area (Å²) < 4.78 is 0. The van der Waals surface area contributed by atoms with Gasteiger partial charge in [-0.25, -0.2) is 0 Å². The monoisotopic (exact) mass is 479 g/mol. The second-order valence-corrected chi connectivity index (χ2v) is 7.76. The number of hydrogen-bond donors (Lipinski definition) is 2. The van der Waals surface area contributed by atoms with Gasteiger partial charge in [0, 0.05) is 58.8 Å². The second-order valence-electron chi connectivity index (χ2n) is 7.76. The molecular weight excluding hydrogens is 441 g/mol. The average Bonchev–Trinajstić information content (AvgIpc) is 2.55. The Morgan fingerprint density at radius 3 is 2.31 bits per heavy atom. The zero-order valence-electron chi connectivity index (χ0n) is 16.8. The molecule has 1 aliphatic carbocycles. The number of hydrogen-bond acceptors (Lipinski definition) is 3. The lowest BCUT2D eigenvalue weighted by molar-refractivity contribution is -0.139. The first kappa shape index (κ1) is 23.5. The van der Waals surface area contributed by atoms with E-state index in [1.54, 1.807) is 0 Å². The lowest BCUT2D eigenvalue weighted by atomic mass is 9.84. The molecule has 0 aromatic heterocycles. The first-order valence-electron chi connectivity index (χ1n) is 10.1. The SMILES string of the molecule is CN=C(NCCCC(C)C)NCCN1CCN(C(=O)C2CCC2)CC1.I. The Hall–Kier alpha value is -0.570. The highest BCUT2D eigenvalue weighted by molar-refractivity contribution is 14.0. The van der Waals surface area contributed by atoms with Crippen LogP contribution in [0.5, 0.6) is 0 Å². The van der Waals surface area contributed by atoms with Crippen molar-refractivity contribution in [3.8, 4) is 0 Å². The summed E-state index contributed by atoms with van der Waals surface area (Å²) in [5, 5.41) is 6.77. The fraction of sp³-hybridized carbons (Fsp3) is 0.895. The van der Waals surface area contributed by atoms with Gasteiger partial charge in [0.2, 0.25) is 5.91 Å². The van der Waals surface area contributed by atoms with Gasteiger partial charge in [0.05, 0.1) is 0 Å². The first-order valence-corrected chi connectivity index (χ1v) is 10.1. The molecule has 6 nitrogen and oxygen atoms in total. The molecule has 2 aliphatic rings. The molecule has 7 heteroatoms. The van der Waals surface area contributed by atoms with E-state index in [4.69, 9.17) is 0 Å². The molecule has 2 rings (SSSR count). The maximum atomic E-state index is 12.3. The molecule has 1 saturated heterocycles. The van der Waals surface area contributed by atoms with Crippen LogP contribution < -0.4 is 10.6 Å². The van der Waals surface area contributed by atoms with Crippen molar-refractivity contribution >= 4 is 35.8 Å². The third-order valence-electron chi connectivity index (χ3n) is 5.33. The van der Waals surface area contributed by atoms with Crippen LogP contribution in [0.4, 0.5) is 0 Å². The molecule has 152 valence electrons. The van der Waals surface area contributed by atoms with Crippen LogP contribution in [0, 0.1) is 11.8 Å². The van der Waals surface area contributed by atoms with E-state index in [0.29, 0.717) is 11.8 Å². The van der Waals surface area contributed by atoms with Crippen LogP contribution in [-0.2, 0) is 4.79 Å². The summed E-state index contributed by atoms with van der Waals surface area (Å²) in [6.45, 7) is 11.1. The number of aliphatic imine (C=N–C) groups is 1. The third kappa shape index (κ3) is 7.98. The van der Waals surface area contributed by atoms with Gasteiger partial charge in [0.25, 0.3) is 0 Å². The van der Waals surface area contributed by atoms with Gasteiger partial charge in [-0.1, -0.05) is 20.3 Å². The van der Waals surface area contributed by atoms with Gasteiger partial charge in [-0.2, -0.15) is 0 Å². The maximum absolute atomic E-state index is 12.3. The zero-order chi connectivity index (χ0) is 18.1. The lowest BCUT2D eigenvalue weighted by Crippen LogP contribution is -2.52. The summed E-state index contributed by atoms with van der Waals surface area (Å²) in [5.41, 5.74) is 0. The Labute approximate surface area is 176 Å². The van der Waals surface area contributed by atoms with Crippen molar-refractivity contribution in [2.24, 2.45) is 16.8 Å². The van der Waals surface area contributed by atoms with E-state index < -0.39 is 0 Å². The number of rotatable bonds is 8. The summed E-state index contributed by atoms with van der Waals surface area (Å²) in [5.74, 6) is 2.38. The highest BCUT2D eigenvalue weighted by Crippen LogP contribution is 2.28. The van der Waals surface area contributed by atoms with E-state index in [9.17, 15) is 4.79 Å². The summed E-state index contributed by atoms with van der Waals surface area (Å²) in [6.07, 6.45) is 5.86. The van der Waals surface area contributed by atoms with Crippen LogP contribution in [0.25, 0.3) is 0 Å². The number of carbonyl (C=O) groups is 1. The summed E-state index contributed by atoms with van der Waals surface area (Å²) in [4.78, 5) is 21.1. The predicted octanol–water partition coefficient (Wildman–Crippen LogP) is 2.15. The Bertz CT molecular complexity index is 432. The molecular formula is C19H38IN5O. The minimum absolute atomic E-state index is 0. The Morgan fingerprint density at radius 2 is 1.77 bits per heavy atom. The molecule has 1 amide bonds. The van der Waals surface area contributed by atoms with E-state index in [0.717, 1.165) is 70.5 Å². The summed E-state index contributed by atoms with van der Waals surface area (Å²) >= 11 is 0. The second kappa shape index (κ2) is 12.8. The van der Waals surface area contributed by atoms with Gasteiger partial charge in [-0.3, -0.25) is 14.7 Å². The third-order valence-corrected chi connectivity index (χ3v) is 5.33. The van der Waals surface area contributed by atoms with E-state index in [1.165, 1.54) is 19.3 Å². The quantitative estimate of drug-likeness (QED) is 0.243. The lowest BCUT2D eigenvalue weighted by Gasteiger charge is -2.38. The van der Waals surface area contributed by atoms with Crippen molar-refractivity contribution in [3.05, 3.63) is 0 Å². The van der Waals surface area contributed by atoms with E-state index in [1.807, 2.05) is 7.05 Å². The highest BCUT2D eigenvalue weighted by atomic mass is 127. The van der Waals surface area contributed by atoms with Crippen molar-refractivity contribution in [2.75, 3.05) is 52.9 Å². The van der Waals surface area contributed by atoms with Gasteiger partial charge in [0.15, 0.2) is 5.96 Å². The molecule has 0 atom stereocenters. The topological polar surface area (TPSA) is 60.0 Å². The molecule has 1 heterocycles. The van der Waals surface area contributed by atoms with Crippen LogP contribution in [-0.4, -0.2) is 74.5 Å². The van der Waals surface area contributed by atoms with Gasteiger partial charge >= 0.3 is 0 Å². The van der Waals surface area contributed by atoms with Crippen LogP contribution in [0.3, 0.4) is 0 Å². The number of halogens is 1. The molecule has 0 spiro atoms. The molecule has 0 radical (unpaired) electrons. The number of amides is 1. The summed E-state index contributed by atoms with van der Waals surface area (Å²) in [7, 11) is 1.82. The van der Waals surface area contributed by atoms with Crippen LogP contribution >= 0.6 is 24.0 Å². The largest absolute Gasteiger partial charge is 0.356 e. The van der Waals surface area contributed by atoms with Gasteiger partial charge in [-0.15, -0.1) is 24.0 Å². The molecule has 0 aromatic rings. The van der Waals surface area contributed by atoms with Crippen molar-refractivity contribution < 1.29 is 4.79 Å². The average molecular weight is 479 g/mol. The molecule has 0 bridgehead atoms. The van der Waals surface area contributed by atoms with E-state index in [2.05, 4.69) is 39.3 Å². The predicted molar refractivity (Wildman–Crippen MR) is 119 cm³/mol. The number of carbonyl (C=O) groups excluding carboxylic acids is 1. The smallest absolute Gasteiger partial charge is 0.225 e. The number of nitrogens with one attached hydrogen (secondary N) is 2. The van der Waals surface area contributed by atoms with Crippen molar-refractivity contribution in [1.82, 2.24) is 20.4 Å². The maximum Gasteiger partial charge on any atom is 0.225 e. The van der Waals surface area contributed by atoms with E-state index >= 15 is 0 Å². The van der Waals surface area contributed by atoms with Crippen molar-refractivity contribution in [3.63, 3.8) is 0 Å². The van der Waals surface area contributed by atoms with Gasteiger partial charge in [0.1, 0.15) is 0 Å². The van der Waals surface area contributed by atoms with Crippen LogP contribution in [0.15, 0.2) is 4.99 Å². The normalized spacial score (nSPS) is 19.1. The minimum atomic E-state index is 0. The molecule has 2 fully saturated rings. The number of guanidine groups is 1. The van der Waals surface area contributed by atoms with Gasteiger partial charge < -0.3 is 15.5 Å². The van der Waals surface area contributed by atoms with E-state index in [-0.39, 0.29) is 24.0 Å².